The van der Waals surface area contributed by atoms with Gasteiger partial charge in [0.05, 0.1) is 30.5 Å². The van der Waals surface area contributed by atoms with Crippen LogP contribution in [0.25, 0.3) is 0 Å². The normalized spacial score (nSPS) is 34.6. The second kappa shape index (κ2) is 12.5. The first kappa shape index (κ1) is 28.7. The third-order valence-electron chi connectivity index (χ3n) is 9.90. The summed E-state index contributed by atoms with van der Waals surface area (Å²) in [7, 11) is 0. The Kier molecular flexibility index (Phi) is 8.37. The minimum Gasteiger partial charge on any atom is -0.453 e. The van der Waals surface area contributed by atoms with Gasteiger partial charge < -0.3 is 23.7 Å². The quantitative estimate of drug-likeness (QED) is 0.237. The molecule has 6 heteroatoms. The minimum atomic E-state index is -0.687. The van der Waals surface area contributed by atoms with Crippen LogP contribution in [0.2, 0.25) is 0 Å². The third kappa shape index (κ3) is 6.44. The molecule has 0 N–H and O–H groups in total. The molecule has 4 bridgehead atoms. The number of benzene rings is 3. The van der Waals surface area contributed by atoms with Crippen molar-refractivity contribution in [3.63, 3.8) is 0 Å². The van der Waals surface area contributed by atoms with Crippen molar-refractivity contribution in [2.24, 2.45) is 17.8 Å². The van der Waals surface area contributed by atoms with Gasteiger partial charge in [0.2, 0.25) is 0 Å². The zero-order valence-corrected chi connectivity index (χ0v) is 24.9. The summed E-state index contributed by atoms with van der Waals surface area (Å²) in [5.74, 6) is 1.80. The molecule has 4 saturated carbocycles. The summed E-state index contributed by atoms with van der Waals surface area (Å²) < 4.78 is 33.3. The van der Waals surface area contributed by atoms with Crippen LogP contribution in [0.4, 0.5) is 0 Å². The molecular weight excluding hydrogens is 540 g/mol. The van der Waals surface area contributed by atoms with Crippen LogP contribution in [-0.4, -0.2) is 42.3 Å². The molecule has 0 spiro atoms. The first-order valence-electron chi connectivity index (χ1n) is 15.9. The van der Waals surface area contributed by atoms with Crippen LogP contribution in [0.1, 0.15) is 66.9 Å². The molecule has 1 aliphatic heterocycles. The maximum Gasteiger partial charge on any atom is 0.338 e. The topological polar surface area (TPSA) is 63.2 Å². The van der Waals surface area contributed by atoms with E-state index in [0.29, 0.717) is 18.8 Å². The van der Waals surface area contributed by atoms with E-state index < -0.39 is 36.7 Å². The van der Waals surface area contributed by atoms with E-state index in [4.69, 9.17) is 23.7 Å². The summed E-state index contributed by atoms with van der Waals surface area (Å²) in [5, 5.41) is 0. The van der Waals surface area contributed by atoms with E-state index in [9.17, 15) is 4.79 Å². The first-order valence-corrected chi connectivity index (χ1v) is 15.9. The average molecular weight is 583 g/mol. The Balaban J connectivity index is 1.19. The van der Waals surface area contributed by atoms with Gasteiger partial charge in [-0.05, 0) is 86.5 Å². The van der Waals surface area contributed by atoms with Crippen molar-refractivity contribution in [3.8, 4) is 0 Å². The van der Waals surface area contributed by atoms with Gasteiger partial charge in [-0.15, -0.1) is 0 Å². The molecule has 0 aromatic heterocycles. The number of ether oxygens (including phenoxy) is 5. The largest absolute Gasteiger partial charge is 0.453 e. The van der Waals surface area contributed by atoms with Crippen molar-refractivity contribution in [2.45, 2.75) is 95.0 Å². The van der Waals surface area contributed by atoms with E-state index in [2.05, 4.69) is 0 Å². The number of carbonyl (C=O) groups is 1. The monoisotopic (exact) mass is 582 g/mol. The van der Waals surface area contributed by atoms with E-state index >= 15 is 0 Å². The zero-order valence-electron chi connectivity index (χ0n) is 24.9. The molecule has 4 aliphatic carbocycles. The second-order valence-electron chi connectivity index (χ2n) is 13.2. The van der Waals surface area contributed by atoms with Gasteiger partial charge in [-0.25, -0.2) is 4.79 Å². The van der Waals surface area contributed by atoms with Gasteiger partial charge in [0.15, 0.2) is 12.4 Å². The fourth-order valence-corrected chi connectivity index (χ4v) is 8.32. The summed E-state index contributed by atoms with van der Waals surface area (Å²) in [6.07, 6.45) is 4.28. The van der Waals surface area contributed by atoms with Crippen LogP contribution in [-0.2, 0) is 36.9 Å². The van der Waals surface area contributed by atoms with Crippen molar-refractivity contribution in [1.29, 1.82) is 0 Å². The van der Waals surface area contributed by atoms with Crippen LogP contribution < -0.4 is 0 Å². The molecule has 226 valence electrons. The van der Waals surface area contributed by atoms with Gasteiger partial charge in [0.1, 0.15) is 12.2 Å². The summed E-state index contributed by atoms with van der Waals surface area (Å²) in [6, 6.07) is 29.3. The molecule has 0 unspecified atom stereocenters. The molecule has 5 fully saturated rings. The van der Waals surface area contributed by atoms with E-state index in [1.807, 2.05) is 85.8 Å². The fourth-order valence-electron chi connectivity index (χ4n) is 8.32. The van der Waals surface area contributed by atoms with E-state index in [1.165, 1.54) is 19.3 Å². The van der Waals surface area contributed by atoms with Gasteiger partial charge in [-0.3, -0.25) is 0 Å². The Hall–Kier alpha value is -3.03. The van der Waals surface area contributed by atoms with E-state index in [0.717, 1.165) is 48.1 Å². The fraction of sp³-hybridized carbons (Fsp3) is 0.486. The molecule has 1 saturated heterocycles. The molecule has 0 amide bonds. The summed E-state index contributed by atoms with van der Waals surface area (Å²) >= 11 is 0. The number of carbonyl (C=O) groups excluding carboxylic acids is 1. The van der Waals surface area contributed by atoms with Crippen molar-refractivity contribution in [1.82, 2.24) is 0 Å². The maximum absolute atomic E-state index is 13.3. The lowest BCUT2D eigenvalue weighted by Crippen LogP contribution is -2.63. The van der Waals surface area contributed by atoms with Crippen molar-refractivity contribution in [3.05, 3.63) is 108 Å². The van der Waals surface area contributed by atoms with Gasteiger partial charge >= 0.3 is 5.97 Å². The van der Waals surface area contributed by atoms with Gasteiger partial charge in [0, 0.05) is 0 Å². The molecule has 5 aliphatic rings. The summed E-state index contributed by atoms with van der Waals surface area (Å²) in [4.78, 5) is 13.3. The molecular formula is C37H42O6. The second-order valence-corrected chi connectivity index (χ2v) is 13.2. The molecule has 5 atom stereocenters. The SMILES string of the molecule is C[C@H]1O[C@@H](OC23CC4CC(CC(C4)C2)C3)[C@@H](OCc2ccccc2)[C@@H](OCc2ccccc2)[C@@H]1OC(=O)c1ccccc1. The van der Waals surface area contributed by atoms with Gasteiger partial charge in [-0.1, -0.05) is 78.9 Å². The average Bonchev–Trinajstić information content (AvgIpc) is 3.01. The van der Waals surface area contributed by atoms with Gasteiger partial charge in [-0.2, -0.15) is 0 Å². The smallest absolute Gasteiger partial charge is 0.338 e. The standard InChI is InChI=1S/C37H42O6/c1-25-32(42-35(38)31-15-9-4-10-16-31)33(39-23-26-11-5-2-6-12-26)34(40-24-27-13-7-3-8-14-27)36(41-25)43-37-20-28-17-29(21-37)19-30(18-28)22-37/h2-16,25,28-30,32-34,36H,17-24H2,1H3/t25-,28?,29?,30?,32-,33+,34+,36+,37?/m1/s1. The van der Waals surface area contributed by atoms with E-state index in [1.54, 1.807) is 12.1 Å². The first-order chi connectivity index (χ1) is 21.0. The van der Waals surface area contributed by atoms with Crippen LogP contribution in [0.5, 0.6) is 0 Å². The van der Waals surface area contributed by atoms with Crippen molar-refractivity contribution >= 4 is 5.97 Å². The maximum atomic E-state index is 13.3. The molecule has 1 heterocycles. The highest BCUT2D eigenvalue weighted by Gasteiger charge is 2.56. The minimum absolute atomic E-state index is 0.189. The van der Waals surface area contributed by atoms with Gasteiger partial charge in [0.25, 0.3) is 0 Å². The van der Waals surface area contributed by atoms with Crippen LogP contribution in [0, 0.1) is 17.8 Å². The number of hydrogen-bond acceptors (Lipinski definition) is 6. The lowest BCUT2D eigenvalue weighted by Gasteiger charge is -2.58. The highest BCUT2D eigenvalue weighted by atomic mass is 16.7. The Morgan fingerprint density at radius 1 is 0.698 bits per heavy atom. The predicted octanol–water partition coefficient (Wildman–Crippen LogP) is 7.11. The molecule has 8 rings (SSSR count). The highest BCUT2D eigenvalue weighted by Crippen LogP contribution is 2.57. The van der Waals surface area contributed by atoms with Crippen LogP contribution in [0.15, 0.2) is 91.0 Å². The Bertz CT molecular complexity index is 1310. The summed E-state index contributed by atoms with van der Waals surface area (Å²) in [6.45, 7) is 2.67. The van der Waals surface area contributed by atoms with Crippen LogP contribution in [0.3, 0.4) is 0 Å². The molecule has 6 nitrogen and oxygen atoms in total. The number of hydrogen-bond donors (Lipinski definition) is 0. The predicted molar refractivity (Wildman–Crippen MR) is 162 cm³/mol. The molecule has 3 aromatic carbocycles. The van der Waals surface area contributed by atoms with Crippen molar-refractivity contribution in [2.75, 3.05) is 0 Å². The molecule has 0 radical (unpaired) electrons. The van der Waals surface area contributed by atoms with Crippen molar-refractivity contribution < 1.29 is 28.5 Å². The lowest BCUT2D eigenvalue weighted by atomic mass is 9.54. The van der Waals surface area contributed by atoms with E-state index in [-0.39, 0.29) is 5.60 Å². The Morgan fingerprint density at radius 3 is 1.72 bits per heavy atom. The third-order valence-corrected chi connectivity index (χ3v) is 9.90. The van der Waals surface area contributed by atoms with Crippen LogP contribution >= 0.6 is 0 Å². The highest BCUT2D eigenvalue weighted by molar-refractivity contribution is 5.89. The lowest BCUT2D eigenvalue weighted by molar-refractivity contribution is -0.348. The summed E-state index contributed by atoms with van der Waals surface area (Å²) in [5.41, 5.74) is 2.39. The Morgan fingerprint density at radius 2 is 1.19 bits per heavy atom. The number of rotatable bonds is 10. The zero-order chi connectivity index (χ0) is 29.2. The molecule has 3 aromatic rings. The molecule has 43 heavy (non-hydrogen) atoms. The Labute approximate surface area is 254 Å². The number of esters is 1.